The number of anilines is 1. The molecular formula is C14H15N3O. The summed E-state index contributed by atoms with van der Waals surface area (Å²) in [5, 5.41) is 3.28. The van der Waals surface area contributed by atoms with E-state index in [2.05, 4.69) is 15.3 Å². The Bertz CT molecular complexity index is 538. The van der Waals surface area contributed by atoms with Crippen LogP contribution in [-0.4, -0.2) is 16.0 Å². The van der Waals surface area contributed by atoms with Crippen LogP contribution < -0.4 is 10.1 Å². The Hall–Kier alpha value is -2.10. The van der Waals surface area contributed by atoms with E-state index in [1.165, 1.54) is 12.8 Å². The fourth-order valence-electron chi connectivity index (χ4n) is 1.68. The largest absolute Gasteiger partial charge is 0.439 e. The lowest BCUT2D eigenvalue weighted by molar-refractivity contribution is 0.461. The highest BCUT2D eigenvalue weighted by Crippen LogP contribution is 2.25. The van der Waals surface area contributed by atoms with E-state index in [0.717, 1.165) is 11.4 Å². The van der Waals surface area contributed by atoms with Crippen molar-refractivity contribution in [2.45, 2.75) is 25.8 Å². The van der Waals surface area contributed by atoms with Crippen molar-refractivity contribution in [3.8, 4) is 11.6 Å². The highest BCUT2D eigenvalue weighted by atomic mass is 16.5. The summed E-state index contributed by atoms with van der Waals surface area (Å²) in [6.07, 6.45) is 2.40. The summed E-state index contributed by atoms with van der Waals surface area (Å²) < 4.78 is 5.71. The molecule has 0 aliphatic heterocycles. The maximum absolute atomic E-state index is 5.71. The fourth-order valence-corrected chi connectivity index (χ4v) is 1.68. The molecule has 1 aromatic carbocycles. The van der Waals surface area contributed by atoms with Crippen molar-refractivity contribution in [3.05, 3.63) is 42.1 Å². The van der Waals surface area contributed by atoms with Gasteiger partial charge in [-0.1, -0.05) is 18.2 Å². The van der Waals surface area contributed by atoms with Crippen molar-refractivity contribution < 1.29 is 4.74 Å². The molecule has 1 saturated carbocycles. The van der Waals surface area contributed by atoms with Crippen molar-refractivity contribution in [2.75, 3.05) is 5.32 Å². The monoisotopic (exact) mass is 241 g/mol. The average Bonchev–Trinajstić information content (AvgIpc) is 3.13. The Labute approximate surface area is 106 Å². The summed E-state index contributed by atoms with van der Waals surface area (Å²) in [4.78, 5) is 8.72. The lowest BCUT2D eigenvalue weighted by Gasteiger charge is -2.08. The van der Waals surface area contributed by atoms with Crippen LogP contribution in [-0.2, 0) is 0 Å². The molecule has 1 aromatic heterocycles. The van der Waals surface area contributed by atoms with E-state index in [4.69, 9.17) is 4.74 Å². The Morgan fingerprint density at radius 3 is 2.67 bits per heavy atom. The third-order valence-corrected chi connectivity index (χ3v) is 2.71. The molecule has 1 N–H and O–H groups in total. The van der Waals surface area contributed by atoms with Gasteiger partial charge in [0.2, 0.25) is 11.8 Å². The Kier molecular flexibility index (Phi) is 2.84. The van der Waals surface area contributed by atoms with Gasteiger partial charge in [-0.15, -0.1) is 0 Å². The molecule has 0 saturated heterocycles. The fraction of sp³-hybridized carbons (Fsp3) is 0.286. The Morgan fingerprint density at radius 2 is 1.94 bits per heavy atom. The van der Waals surface area contributed by atoms with Gasteiger partial charge in [-0.2, -0.15) is 4.98 Å². The number of rotatable bonds is 4. The molecule has 0 unspecified atom stereocenters. The number of hydrogen-bond acceptors (Lipinski definition) is 4. The van der Waals surface area contributed by atoms with Crippen molar-refractivity contribution in [3.63, 3.8) is 0 Å². The van der Waals surface area contributed by atoms with E-state index in [0.29, 0.717) is 17.9 Å². The second-order valence-electron chi connectivity index (χ2n) is 4.50. The smallest absolute Gasteiger partial charge is 0.226 e. The maximum atomic E-state index is 5.71. The first-order valence-electron chi connectivity index (χ1n) is 6.15. The number of benzene rings is 1. The van der Waals surface area contributed by atoms with Crippen molar-refractivity contribution in [1.82, 2.24) is 9.97 Å². The summed E-state index contributed by atoms with van der Waals surface area (Å²) in [5.74, 6) is 2.02. The van der Waals surface area contributed by atoms with E-state index in [1.807, 2.05) is 43.3 Å². The van der Waals surface area contributed by atoms with Crippen LogP contribution in [0.15, 0.2) is 36.4 Å². The van der Waals surface area contributed by atoms with Gasteiger partial charge in [0.05, 0.1) is 0 Å². The first kappa shape index (κ1) is 11.0. The number of aryl methyl sites for hydroxylation is 1. The van der Waals surface area contributed by atoms with Crippen LogP contribution in [0, 0.1) is 6.92 Å². The minimum absolute atomic E-state index is 0.538. The Morgan fingerprint density at radius 1 is 1.17 bits per heavy atom. The number of nitrogens with one attached hydrogen (secondary N) is 1. The molecule has 92 valence electrons. The van der Waals surface area contributed by atoms with Crippen LogP contribution in [0.4, 0.5) is 5.95 Å². The molecule has 3 rings (SSSR count). The van der Waals surface area contributed by atoms with Crippen LogP contribution in [0.3, 0.4) is 0 Å². The van der Waals surface area contributed by atoms with Gasteiger partial charge in [0.15, 0.2) is 0 Å². The maximum Gasteiger partial charge on any atom is 0.226 e. The number of para-hydroxylation sites is 1. The Balaban J connectivity index is 1.80. The summed E-state index contributed by atoms with van der Waals surface area (Å²) in [6, 6.07) is 12.0. The third kappa shape index (κ3) is 2.77. The van der Waals surface area contributed by atoms with Gasteiger partial charge in [-0.25, -0.2) is 4.98 Å². The quantitative estimate of drug-likeness (QED) is 0.893. The van der Waals surface area contributed by atoms with E-state index in [1.54, 1.807) is 0 Å². The molecular weight excluding hydrogens is 226 g/mol. The lowest BCUT2D eigenvalue weighted by atomic mass is 10.3. The zero-order valence-corrected chi connectivity index (χ0v) is 10.3. The molecule has 1 fully saturated rings. The van der Waals surface area contributed by atoms with Crippen LogP contribution in [0.2, 0.25) is 0 Å². The molecule has 0 bridgehead atoms. The van der Waals surface area contributed by atoms with Gasteiger partial charge in [0.1, 0.15) is 5.75 Å². The molecule has 1 aliphatic rings. The number of nitrogens with zero attached hydrogens (tertiary/aromatic N) is 2. The van der Waals surface area contributed by atoms with Crippen LogP contribution in [0.25, 0.3) is 0 Å². The van der Waals surface area contributed by atoms with Gasteiger partial charge >= 0.3 is 0 Å². The predicted octanol–water partition coefficient (Wildman–Crippen LogP) is 3.15. The third-order valence-electron chi connectivity index (χ3n) is 2.71. The molecule has 0 spiro atoms. The summed E-state index contributed by atoms with van der Waals surface area (Å²) in [7, 11) is 0. The van der Waals surface area contributed by atoms with Crippen LogP contribution in [0.1, 0.15) is 18.5 Å². The summed E-state index contributed by atoms with van der Waals surface area (Å²) in [5.41, 5.74) is 0.902. The second kappa shape index (κ2) is 4.64. The minimum atomic E-state index is 0.538. The van der Waals surface area contributed by atoms with E-state index < -0.39 is 0 Å². The van der Waals surface area contributed by atoms with Crippen molar-refractivity contribution >= 4 is 5.95 Å². The predicted molar refractivity (Wildman–Crippen MR) is 69.9 cm³/mol. The summed E-state index contributed by atoms with van der Waals surface area (Å²) in [6.45, 7) is 1.94. The zero-order chi connectivity index (χ0) is 12.4. The van der Waals surface area contributed by atoms with Crippen LogP contribution >= 0.6 is 0 Å². The molecule has 1 aliphatic carbocycles. The molecule has 4 nitrogen and oxygen atoms in total. The van der Waals surface area contributed by atoms with Crippen molar-refractivity contribution in [2.24, 2.45) is 0 Å². The number of aromatic nitrogens is 2. The molecule has 18 heavy (non-hydrogen) atoms. The first-order valence-corrected chi connectivity index (χ1v) is 6.15. The average molecular weight is 241 g/mol. The lowest BCUT2D eigenvalue weighted by Crippen LogP contribution is -2.06. The van der Waals surface area contributed by atoms with Gasteiger partial charge < -0.3 is 10.1 Å². The molecule has 1 heterocycles. The van der Waals surface area contributed by atoms with Crippen LogP contribution in [0.5, 0.6) is 11.6 Å². The molecule has 0 amide bonds. The second-order valence-corrected chi connectivity index (χ2v) is 4.50. The topological polar surface area (TPSA) is 47.0 Å². The zero-order valence-electron chi connectivity index (χ0n) is 10.3. The van der Waals surface area contributed by atoms with E-state index in [9.17, 15) is 0 Å². The van der Waals surface area contributed by atoms with E-state index in [-0.39, 0.29) is 0 Å². The van der Waals surface area contributed by atoms with Gasteiger partial charge in [0, 0.05) is 17.8 Å². The highest BCUT2D eigenvalue weighted by Gasteiger charge is 2.22. The summed E-state index contributed by atoms with van der Waals surface area (Å²) >= 11 is 0. The normalized spacial score (nSPS) is 14.3. The van der Waals surface area contributed by atoms with Crippen molar-refractivity contribution in [1.29, 1.82) is 0 Å². The van der Waals surface area contributed by atoms with E-state index >= 15 is 0 Å². The standard InChI is InChI=1S/C14H15N3O/c1-10-9-13(18-12-5-3-2-4-6-12)17-14(15-10)16-11-7-8-11/h2-6,9,11H,7-8H2,1H3,(H,15,16,17). The molecule has 0 atom stereocenters. The SMILES string of the molecule is Cc1cc(Oc2ccccc2)nc(NC2CC2)n1. The van der Waals surface area contributed by atoms with Gasteiger partial charge in [-0.3, -0.25) is 0 Å². The highest BCUT2D eigenvalue weighted by molar-refractivity contribution is 5.35. The minimum Gasteiger partial charge on any atom is -0.439 e. The van der Waals surface area contributed by atoms with Gasteiger partial charge in [-0.05, 0) is 31.9 Å². The molecule has 2 aromatic rings. The molecule has 0 radical (unpaired) electrons. The molecule has 4 heteroatoms. The van der Waals surface area contributed by atoms with Gasteiger partial charge in [0.25, 0.3) is 0 Å². The first-order chi connectivity index (χ1) is 8.79. The number of ether oxygens (including phenoxy) is 1. The number of hydrogen-bond donors (Lipinski definition) is 1.